The summed E-state index contributed by atoms with van der Waals surface area (Å²) in [5.74, 6) is 1.27. The molecule has 0 saturated carbocycles. The van der Waals surface area contributed by atoms with Crippen molar-refractivity contribution >= 4 is 34.4 Å². The van der Waals surface area contributed by atoms with E-state index in [9.17, 15) is 9.59 Å². The zero-order chi connectivity index (χ0) is 20.4. The zero-order valence-corrected chi connectivity index (χ0v) is 16.5. The molecule has 1 atom stereocenters. The van der Waals surface area contributed by atoms with Crippen molar-refractivity contribution in [3.05, 3.63) is 48.0 Å². The molecule has 2 N–H and O–H groups in total. The molecule has 2 amide bonds. The first-order chi connectivity index (χ1) is 14.0. The number of amidine groups is 1. The Morgan fingerprint density at radius 2 is 2.00 bits per heavy atom. The predicted molar refractivity (Wildman–Crippen MR) is 108 cm³/mol. The predicted octanol–water partition coefficient (Wildman–Crippen LogP) is 2.43. The maximum absolute atomic E-state index is 12.8. The molecule has 0 spiro atoms. The molecule has 2 aliphatic heterocycles. The number of nitrogens with zero attached hydrogens (tertiary/aromatic N) is 2. The number of thioether (sulfide) groups is 1. The molecule has 0 bridgehead atoms. The van der Waals surface area contributed by atoms with Gasteiger partial charge in [-0.1, -0.05) is 17.8 Å². The van der Waals surface area contributed by atoms with Crippen LogP contribution in [-0.2, 0) is 16.1 Å². The topological polar surface area (TPSA) is 103 Å². The van der Waals surface area contributed by atoms with Crippen molar-refractivity contribution in [3.63, 3.8) is 0 Å². The first kappa shape index (κ1) is 19.1. The highest BCUT2D eigenvalue weighted by molar-refractivity contribution is 8.15. The number of rotatable bonds is 5. The molecule has 9 heteroatoms. The van der Waals surface area contributed by atoms with Crippen molar-refractivity contribution in [3.8, 4) is 17.2 Å². The van der Waals surface area contributed by atoms with Crippen LogP contribution < -0.4 is 19.9 Å². The van der Waals surface area contributed by atoms with Crippen molar-refractivity contribution in [2.75, 3.05) is 13.9 Å². The summed E-state index contributed by atoms with van der Waals surface area (Å²) in [5, 5.41) is -0.222. The van der Waals surface area contributed by atoms with E-state index in [2.05, 4.69) is 4.99 Å². The SMILES string of the molecule is COc1ccc(N=C2S[C@@H](C(N)=O)CC(=O)N2Cc2ccc3c(c2)OCO3)cc1. The first-order valence-corrected chi connectivity index (χ1v) is 9.79. The Kier molecular flexibility index (Phi) is 5.30. The summed E-state index contributed by atoms with van der Waals surface area (Å²) in [6.07, 6.45) is 0.0339. The maximum atomic E-state index is 12.8. The van der Waals surface area contributed by atoms with Crippen LogP contribution in [0.5, 0.6) is 17.2 Å². The number of nitrogens with two attached hydrogens (primary N) is 1. The van der Waals surface area contributed by atoms with E-state index in [0.29, 0.717) is 34.6 Å². The Morgan fingerprint density at radius 1 is 1.24 bits per heavy atom. The number of ether oxygens (including phenoxy) is 3. The molecule has 1 fully saturated rings. The van der Waals surface area contributed by atoms with Crippen LogP contribution in [0, 0.1) is 0 Å². The van der Waals surface area contributed by atoms with E-state index < -0.39 is 11.2 Å². The highest BCUT2D eigenvalue weighted by atomic mass is 32.2. The van der Waals surface area contributed by atoms with Gasteiger partial charge in [0.2, 0.25) is 18.6 Å². The number of carbonyl (C=O) groups is 2. The second kappa shape index (κ2) is 8.04. The number of methoxy groups -OCH3 is 1. The van der Waals surface area contributed by atoms with Crippen LogP contribution in [-0.4, -0.2) is 41.0 Å². The summed E-state index contributed by atoms with van der Waals surface area (Å²) in [6, 6.07) is 12.6. The van der Waals surface area contributed by atoms with E-state index in [-0.39, 0.29) is 19.1 Å². The third-order valence-corrected chi connectivity index (χ3v) is 5.74. The normalized spacial score (nSPS) is 19.5. The second-order valence-electron chi connectivity index (χ2n) is 6.47. The zero-order valence-electron chi connectivity index (χ0n) is 15.7. The summed E-state index contributed by atoms with van der Waals surface area (Å²) in [5.41, 5.74) is 6.95. The third-order valence-electron chi connectivity index (χ3n) is 4.53. The van der Waals surface area contributed by atoms with Gasteiger partial charge in [0, 0.05) is 6.42 Å². The number of benzene rings is 2. The average Bonchev–Trinajstić information content (AvgIpc) is 3.18. The minimum atomic E-state index is -0.646. The summed E-state index contributed by atoms with van der Waals surface area (Å²) in [7, 11) is 1.58. The van der Waals surface area contributed by atoms with Gasteiger partial charge in [-0.15, -0.1) is 0 Å². The largest absolute Gasteiger partial charge is 0.497 e. The molecule has 0 aliphatic carbocycles. The molecule has 150 valence electrons. The number of carbonyl (C=O) groups excluding carboxylic acids is 2. The summed E-state index contributed by atoms with van der Waals surface area (Å²) in [4.78, 5) is 30.7. The van der Waals surface area contributed by atoms with E-state index in [1.807, 2.05) is 18.2 Å². The highest BCUT2D eigenvalue weighted by Gasteiger charge is 2.35. The fraction of sp³-hybridized carbons (Fsp3) is 0.250. The van der Waals surface area contributed by atoms with Crippen LogP contribution in [0.15, 0.2) is 47.5 Å². The Hall–Kier alpha value is -3.20. The van der Waals surface area contributed by atoms with Crippen molar-refractivity contribution in [2.24, 2.45) is 10.7 Å². The number of amides is 2. The van der Waals surface area contributed by atoms with Crippen molar-refractivity contribution in [1.82, 2.24) is 4.90 Å². The first-order valence-electron chi connectivity index (χ1n) is 8.91. The Bertz CT molecular complexity index is 977. The van der Waals surface area contributed by atoms with Crippen LogP contribution in [0.2, 0.25) is 0 Å². The molecule has 2 aromatic carbocycles. The lowest BCUT2D eigenvalue weighted by Crippen LogP contribution is -2.45. The summed E-state index contributed by atoms with van der Waals surface area (Å²) < 4.78 is 15.9. The number of hydrogen-bond donors (Lipinski definition) is 1. The van der Waals surface area contributed by atoms with Gasteiger partial charge in [0.15, 0.2) is 16.7 Å². The minimum absolute atomic E-state index is 0.0339. The average molecular weight is 413 g/mol. The molecule has 8 nitrogen and oxygen atoms in total. The van der Waals surface area contributed by atoms with Gasteiger partial charge in [0.05, 0.1) is 24.6 Å². The van der Waals surface area contributed by atoms with Crippen molar-refractivity contribution in [1.29, 1.82) is 0 Å². The molecule has 29 heavy (non-hydrogen) atoms. The van der Waals surface area contributed by atoms with Gasteiger partial charge in [-0.05, 0) is 42.0 Å². The molecule has 2 heterocycles. The Labute approximate surface area is 171 Å². The smallest absolute Gasteiger partial charge is 0.231 e. The van der Waals surface area contributed by atoms with Crippen LogP contribution in [0.3, 0.4) is 0 Å². The van der Waals surface area contributed by atoms with Crippen molar-refractivity contribution in [2.45, 2.75) is 18.2 Å². The van der Waals surface area contributed by atoms with Gasteiger partial charge in [0.1, 0.15) is 5.75 Å². The van der Waals surface area contributed by atoms with Crippen molar-refractivity contribution < 1.29 is 23.8 Å². The Balaban J connectivity index is 1.63. The highest BCUT2D eigenvalue weighted by Crippen LogP contribution is 2.35. The number of aliphatic imine (C=N–C) groups is 1. The van der Waals surface area contributed by atoms with E-state index in [1.165, 1.54) is 11.8 Å². The van der Waals surface area contributed by atoms with Gasteiger partial charge in [0.25, 0.3) is 0 Å². The molecular weight excluding hydrogens is 394 g/mol. The van der Waals surface area contributed by atoms with E-state index in [4.69, 9.17) is 19.9 Å². The number of fused-ring (bicyclic) bond motifs is 1. The fourth-order valence-corrected chi connectivity index (χ4v) is 4.05. The van der Waals surface area contributed by atoms with E-state index in [0.717, 1.165) is 5.56 Å². The van der Waals surface area contributed by atoms with E-state index in [1.54, 1.807) is 36.3 Å². The van der Waals surface area contributed by atoms with Crippen LogP contribution in [0.25, 0.3) is 0 Å². The van der Waals surface area contributed by atoms with Gasteiger partial charge in [-0.2, -0.15) is 0 Å². The monoisotopic (exact) mass is 413 g/mol. The standard InChI is InChI=1S/C20H19N3O5S/c1-26-14-5-3-13(4-6-14)22-20-23(18(24)9-17(29-20)19(21)25)10-12-2-7-15-16(8-12)28-11-27-15/h2-8,17H,9-11H2,1H3,(H2,21,25)/t17-/m1/s1. The quantitative estimate of drug-likeness (QED) is 0.808. The molecule has 0 aromatic heterocycles. The van der Waals surface area contributed by atoms with E-state index >= 15 is 0 Å². The van der Waals surface area contributed by atoms with Gasteiger partial charge in [-0.25, -0.2) is 4.99 Å². The molecule has 0 unspecified atom stereocenters. The summed E-state index contributed by atoms with van der Waals surface area (Å²) in [6.45, 7) is 0.477. The van der Waals surface area contributed by atoms with Gasteiger partial charge < -0.3 is 19.9 Å². The lowest BCUT2D eigenvalue weighted by atomic mass is 10.1. The molecule has 0 radical (unpaired) electrons. The number of primary amides is 1. The van der Waals surface area contributed by atoms with Gasteiger partial charge in [-0.3, -0.25) is 14.5 Å². The van der Waals surface area contributed by atoms with Crippen LogP contribution in [0.1, 0.15) is 12.0 Å². The fourth-order valence-electron chi connectivity index (χ4n) is 3.00. The minimum Gasteiger partial charge on any atom is -0.497 e. The molecule has 1 saturated heterocycles. The molecule has 4 rings (SSSR count). The molecule has 2 aliphatic rings. The summed E-state index contributed by atoms with van der Waals surface area (Å²) >= 11 is 1.19. The molecule has 2 aromatic rings. The second-order valence-corrected chi connectivity index (χ2v) is 7.64. The maximum Gasteiger partial charge on any atom is 0.231 e. The lowest BCUT2D eigenvalue weighted by Gasteiger charge is -2.31. The Morgan fingerprint density at radius 3 is 2.72 bits per heavy atom. The van der Waals surface area contributed by atoms with Crippen LogP contribution in [0.4, 0.5) is 5.69 Å². The number of hydrogen-bond acceptors (Lipinski definition) is 7. The lowest BCUT2D eigenvalue weighted by molar-refractivity contribution is -0.130. The third kappa shape index (κ3) is 4.14. The molecular formula is C20H19N3O5S. The van der Waals surface area contributed by atoms with Crippen LogP contribution >= 0.6 is 11.8 Å². The van der Waals surface area contributed by atoms with Gasteiger partial charge >= 0.3 is 0 Å².